The standard InChI is InChI=1S/C12H18FNO2/c1-9(14)7-10-8-11(13)3-4-12(10)16-6-5-15-2/h3-4,8-9H,5-7,14H2,1-2H3. The van der Waals surface area contributed by atoms with Crippen LogP contribution in [0.3, 0.4) is 0 Å². The second-order valence-corrected chi connectivity index (χ2v) is 3.77. The van der Waals surface area contributed by atoms with E-state index < -0.39 is 0 Å². The lowest BCUT2D eigenvalue weighted by atomic mass is 10.1. The number of hydrogen-bond acceptors (Lipinski definition) is 3. The van der Waals surface area contributed by atoms with E-state index in [0.29, 0.717) is 25.4 Å². The van der Waals surface area contributed by atoms with Gasteiger partial charge in [0, 0.05) is 13.2 Å². The molecule has 1 unspecified atom stereocenters. The predicted molar refractivity (Wildman–Crippen MR) is 61.1 cm³/mol. The molecule has 0 aliphatic rings. The first-order chi connectivity index (χ1) is 7.63. The van der Waals surface area contributed by atoms with E-state index in [0.717, 1.165) is 5.56 Å². The summed E-state index contributed by atoms with van der Waals surface area (Å²) in [5.41, 5.74) is 6.49. The van der Waals surface area contributed by atoms with Gasteiger partial charge in [-0.15, -0.1) is 0 Å². The molecule has 0 saturated carbocycles. The molecular formula is C12H18FNO2. The second-order valence-electron chi connectivity index (χ2n) is 3.77. The molecule has 0 aliphatic heterocycles. The lowest BCUT2D eigenvalue weighted by Crippen LogP contribution is -2.18. The van der Waals surface area contributed by atoms with Gasteiger partial charge in [-0.1, -0.05) is 0 Å². The highest BCUT2D eigenvalue weighted by molar-refractivity contribution is 5.34. The van der Waals surface area contributed by atoms with Crippen LogP contribution in [-0.2, 0) is 11.2 Å². The SMILES string of the molecule is COCCOc1ccc(F)cc1CC(C)N. The Hall–Kier alpha value is -1.13. The normalized spacial score (nSPS) is 12.5. The molecule has 2 N–H and O–H groups in total. The van der Waals surface area contributed by atoms with Gasteiger partial charge in [-0.25, -0.2) is 4.39 Å². The van der Waals surface area contributed by atoms with Crippen LogP contribution in [0.15, 0.2) is 18.2 Å². The Morgan fingerprint density at radius 3 is 2.75 bits per heavy atom. The molecule has 0 aliphatic carbocycles. The lowest BCUT2D eigenvalue weighted by molar-refractivity contribution is 0.145. The summed E-state index contributed by atoms with van der Waals surface area (Å²) in [6.45, 7) is 2.84. The summed E-state index contributed by atoms with van der Waals surface area (Å²) < 4.78 is 23.4. The Morgan fingerprint density at radius 2 is 2.12 bits per heavy atom. The number of benzene rings is 1. The molecule has 0 radical (unpaired) electrons. The van der Waals surface area contributed by atoms with Gasteiger partial charge >= 0.3 is 0 Å². The Morgan fingerprint density at radius 1 is 1.38 bits per heavy atom. The molecule has 1 aromatic carbocycles. The van der Waals surface area contributed by atoms with Crippen molar-refractivity contribution in [3.63, 3.8) is 0 Å². The molecular weight excluding hydrogens is 209 g/mol. The first-order valence-electron chi connectivity index (χ1n) is 5.29. The molecule has 1 atom stereocenters. The largest absolute Gasteiger partial charge is 0.491 e. The summed E-state index contributed by atoms with van der Waals surface area (Å²) >= 11 is 0. The van der Waals surface area contributed by atoms with E-state index in [1.165, 1.54) is 12.1 Å². The van der Waals surface area contributed by atoms with Gasteiger partial charge in [0.2, 0.25) is 0 Å². The smallest absolute Gasteiger partial charge is 0.123 e. The van der Waals surface area contributed by atoms with Crippen molar-refractivity contribution in [2.45, 2.75) is 19.4 Å². The third-order valence-electron chi connectivity index (χ3n) is 2.11. The van der Waals surface area contributed by atoms with Gasteiger partial charge in [0.05, 0.1) is 6.61 Å². The minimum absolute atomic E-state index is 0.0217. The fourth-order valence-corrected chi connectivity index (χ4v) is 1.43. The molecule has 4 heteroatoms. The van der Waals surface area contributed by atoms with Crippen LogP contribution in [0.25, 0.3) is 0 Å². The first-order valence-corrected chi connectivity index (χ1v) is 5.29. The van der Waals surface area contributed by atoms with E-state index >= 15 is 0 Å². The highest BCUT2D eigenvalue weighted by atomic mass is 19.1. The van der Waals surface area contributed by atoms with E-state index in [1.54, 1.807) is 13.2 Å². The minimum atomic E-state index is -0.269. The Bertz CT molecular complexity index is 329. The van der Waals surface area contributed by atoms with Crippen LogP contribution in [0, 0.1) is 5.82 Å². The van der Waals surface area contributed by atoms with Crippen molar-refractivity contribution in [3.05, 3.63) is 29.6 Å². The van der Waals surface area contributed by atoms with Gasteiger partial charge in [0.25, 0.3) is 0 Å². The van der Waals surface area contributed by atoms with Gasteiger partial charge in [0.15, 0.2) is 0 Å². The van der Waals surface area contributed by atoms with Crippen molar-refractivity contribution in [1.82, 2.24) is 0 Å². The van der Waals surface area contributed by atoms with Gasteiger partial charge in [-0.2, -0.15) is 0 Å². The number of rotatable bonds is 6. The fourth-order valence-electron chi connectivity index (χ4n) is 1.43. The molecule has 0 amide bonds. The number of hydrogen-bond donors (Lipinski definition) is 1. The summed E-state index contributed by atoms with van der Waals surface area (Å²) in [5, 5.41) is 0. The zero-order chi connectivity index (χ0) is 12.0. The van der Waals surface area contributed by atoms with Gasteiger partial charge < -0.3 is 15.2 Å². The van der Waals surface area contributed by atoms with Crippen LogP contribution in [0.1, 0.15) is 12.5 Å². The Labute approximate surface area is 95.4 Å². The Kier molecular flexibility index (Phi) is 5.22. The first kappa shape index (κ1) is 12.9. The maximum Gasteiger partial charge on any atom is 0.123 e. The zero-order valence-corrected chi connectivity index (χ0v) is 9.70. The molecule has 0 spiro atoms. The highest BCUT2D eigenvalue weighted by Gasteiger charge is 2.07. The average Bonchev–Trinajstić information content (AvgIpc) is 2.20. The minimum Gasteiger partial charge on any atom is -0.491 e. The van der Waals surface area contributed by atoms with Crippen LogP contribution < -0.4 is 10.5 Å². The van der Waals surface area contributed by atoms with Gasteiger partial charge in [-0.3, -0.25) is 0 Å². The van der Waals surface area contributed by atoms with Crippen LogP contribution in [0.4, 0.5) is 4.39 Å². The average molecular weight is 227 g/mol. The van der Waals surface area contributed by atoms with Crippen molar-refractivity contribution in [2.75, 3.05) is 20.3 Å². The molecule has 0 fully saturated rings. The topological polar surface area (TPSA) is 44.5 Å². The molecule has 0 aromatic heterocycles. The third kappa shape index (κ3) is 4.16. The molecule has 16 heavy (non-hydrogen) atoms. The van der Waals surface area contributed by atoms with E-state index in [1.807, 2.05) is 6.92 Å². The van der Waals surface area contributed by atoms with Crippen molar-refractivity contribution in [1.29, 1.82) is 0 Å². The summed E-state index contributed by atoms with van der Waals surface area (Å²) in [7, 11) is 1.61. The van der Waals surface area contributed by atoms with Crippen molar-refractivity contribution in [3.8, 4) is 5.75 Å². The maximum atomic E-state index is 13.1. The van der Waals surface area contributed by atoms with E-state index in [9.17, 15) is 4.39 Å². The molecule has 1 rings (SSSR count). The quantitative estimate of drug-likeness (QED) is 0.753. The van der Waals surface area contributed by atoms with E-state index in [-0.39, 0.29) is 11.9 Å². The summed E-state index contributed by atoms with van der Waals surface area (Å²) in [6, 6.07) is 4.45. The van der Waals surface area contributed by atoms with Crippen LogP contribution >= 0.6 is 0 Å². The van der Waals surface area contributed by atoms with Gasteiger partial charge in [0.1, 0.15) is 18.2 Å². The van der Waals surface area contributed by atoms with Crippen molar-refractivity contribution in [2.24, 2.45) is 5.73 Å². The molecule has 1 aromatic rings. The van der Waals surface area contributed by atoms with Gasteiger partial charge in [-0.05, 0) is 37.1 Å². The summed E-state index contributed by atoms with van der Waals surface area (Å²) in [5.74, 6) is 0.408. The fraction of sp³-hybridized carbons (Fsp3) is 0.500. The van der Waals surface area contributed by atoms with Crippen molar-refractivity contribution < 1.29 is 13.9 Å². The number of halogens is 1. The predicted octanol–water partition coefficient (Wildman–Crippen LogP) is 1.74. The number of methoxy groups -OCH3 is 1. The lowest BCUT2D eigenvalue weighted by Gasteiger charge is -2.12. The summed E-state index contributed by atoms with van der Waals surface area (Å²) in [4.78, 5) is 0. The molecule has 0 saturated heterocycles. The molecule has 3 nitrogen and oxygen atoms in total. The number of nitrogens with two attached hydrogens (primary N) is 1. The van der Waals surface area contributed by atoms with E-state index in [2.05, 4.69) is 0 Å². The monoisotopic (exact) mass is 227 g/mol. The van der Waals surface area contributed by atoms with Crippen LogP contribution in [0.5, 0.6) is 5.75 Å². The zero-order valence-electron chi connectivity index (χ0n) is 9.70. The van der Waals surface area contributed by atoms with Crippen molar-refractivity contribution >= 4 is 0 Å². The highest BCUT2D eigenvalue weighted by Crippen LogP contribution is 2.21. The molecule has 0 heterocycles. The summed E-state index contributed by atoms with van der Waals surface area (Å²) in [6.07, 6.45) is 0.597. The molecule has 90 valence electrons. The van der Waals surface area contributed by atoms with E-state index in [4.69, 9.17) is 15.2 Å². The molecule has 0 bridgehead atoms. The van der Waals surface area contributed by atoms with Crippen LogP contribution in [-0.4, -0.2) is 26.4 Å². The van der Waals surface area contributed by atoms with Crippen LogP contribution in [0.2, 0.25) is 0 Å². The second kappa shape index (κ2) is 6.45. The third-order valence-corrected chi connectivity index (χ3v) is 2.11. The Balaban J connectivity index is 2.72. The number of ether oxygens (including phenoxy) is 2. The maximum absolute atomic E-state index is 13.1.